The van der Waals surface area contributed by atoms with Crippen molar-refractivity contribution >= 4 is 44.9 Å². The van der Waals surface area contributed by atoms with Crippen molar-refractivity contribution in [3.63, 3.8) is 0 Å². The van der Waals surface area contributed by atoms with Crippen LogP contribution in [0.2, 0.25) is 5.02 Å². The third kappa shape index (κ3) is 3.68. The SMILES string of the molecule is Fc1ccc(-c2cc3ncnc(SCc4ccc(Cl)cc4)c3s2)cc1. The van der Waals surface area contributed by atoms with Gasteiger partial charge in [-0.2, -0.15) is 0 Å². The van der Waals surface area contributed by atoms with E-state index in [0.29, 0.717) is 0 Å². The second kappa shape index (κ2) is 7.12. The Morgan fingerprint density at radius 3 is 2.52 bits per heavy atom. The molecular formula is C19H12ClFN2S2. The number of hydrogen-bond acceptors (Lipinski definition) is 4. The first-order chi connectivity index (χ1) is 12.2. The van der Waals surface area contributed by atoms with E-state index in [1.807, 2.05) is 30.3 Å². The number of rotatable bonds is 4. The molecule has 0 aliphatic heterocycles. The summed E-state index contributed by atoms with van der Waals surface area (Å²) in [5.74, 6) is 0.580. The number of hydrogen-bond donors (Lipinski definition) is 0. The fourth-order valence-corrected chi connectivity index (χ4v) is 4.71. The van der Waals surface area contributed by atoms with Crippen molar-refractivity contribution in [1.29, 1.82) is 0 Å². The summed E-state index contributed by atoms with van der Waals surface area (Å²) in [5.41, 5.74) is 3.09. The van der Waals surface area contributed by atoms with E-state index in [4.69, 9.17) is 11.6 Å². The molecule has 0 fully saturated rings. The summed E-state index contributed by atoms with van der Waals surface area (Å²) >= 11 is 9.24. The Hall–Kier alpha value is -1.95. The van der Waals surface area contributed by atoms with Gasteiger partial charge in [0.15, 0.2) is 0 Å². The number of benzene rings is 2. The highest BCUT2D eigenvalue weighted by Gasteiger charge is 2.11. The Balaban J connectivity index is 1.63. The summed E-state index contributed by atoms with van der Waals surface area (Å²) in [6.07, 6.45) is 1.59. The average molecular weight is 387 g/mol. The highest BCUT2D eigenvalue weighted by molar-refractivity contribution is 7.98. The summed E-state index contributed by atoms with van der Waals surface area (Å²) in [6.45, 7) is 0. The maximum atomic E-state index is 13.1. The smallest absolute Gasteiger partial charge is 0.123 e. The Labute approximate surface area is 157 Å². The lowest BCUT2D eigenvalue weighted by Gasteiger charge is -2.02. The van der Waals surface area contributed by atoms with E-state index >= 15 is 0 Å². The lowest BCUT2D eigenvalue weighted by atomic mass is 10.2. The molecule has 0 spiro atoms. The summed E-state index contributed by atoms with van der Waals surface area (Å²) in [4.78, 5) is 9.86. The van der Waals surface area contributed by atoms with E-state index < -0.39 is 0 Å². The van der Waals surface area contributed by atoms with Gasteiger partial charge in [0.25, 0.3) is 0 Å². The first-order valence-electron chi connectivity index (χ1n) is 7.57. The van der Waals surface area contributed by atoms with Gasteiger partial charge in [-0.1, -0.05) is 35.9 Å². The third-order valence-corrected chi connectivity index (χ3v) is 6.32. The van der Waals surface area contributed by atoms with Gasteiger partial charge in [-0.3, -0.25) is 0 Å². The van der Waals surface area contributed by atoms with Gasteiger partial charge < -0.3 is 0 Å². The highest BCUT2D eigenvalue weighted by Crippen LogP contribution is 2.37. The van der Waals surface area contributed by atoms with Crippen LogP contribution in [0.3, 0.4) is 0 Å². The summed E-state index contributed by atoms with van der Waals surface area (Å²) < 4.78 is 14.2. The predicted molar refractivity (Wildman–Crippen MR) is 104 cm³/mol. The van der Waals surface area contributed by atoms with Gasteiger partial charge in [0.1, 0.15) is 17.2 Å². The Kier molecular flexibility index (Phi) is 4.70. The van der Waals surface area contributed by atoms with E-state index in [1.165, 1.54) is 17.7 Å². The largest absolute Gasteiger partial charge is 0.235 e. The molecule has 4 aromatic rings. The van der Waals surface area contributed by atoms with Crippen LogP contribution in [0.25, 0.3) is 20.7 Å². The summed E-state index contributed by atoms with van der Waals surface area (Å²) in [7, 11) is 0. The molecule has 0 aliphatic carbocycles. The Morgan fingerprint density at radius 1 is 1.00 bits per heavy atom. The molecule has 0 atom stereocenters. The highest BCUT2D eigenvalue weighted by atomic mass is 35.5. The first kappa shape index (κ1) is 16.5. The molecule has 0 aliphatic rings. The zero-order chi connectivity index (χ0) is 17.2. The van der Waals surface area contributed by atoms with Crippen LogP contribution >= 0.6 is 34.7 Å². The molecule has 25 heavy (non-hydrogen) atoms. The van der Waals surface area contributed by atoms with Crippen LogP contribution < -0.4 is 0 Å². The van der Waals surface area contributed by atoms with Gasteiger partial charge in [-0.05, 0) is 41.5 Å². The summed E-state index contributed by atoms with van der Waals surface area (Å²) in [5, 5.41) is 1.69. The molecule has 0 amide bonds. The van der Waals surface area contributed by atoms with Crippen molar-refractivity contribution in [2.24, 2.45) is 0 Å². The zero-order valence-corrected chi connectivity index (χ0v) is 15.3. The van der Waals surface area contributed by atoms with Crippen molar-refractivity contribution in [2.45, 2.75) is 10.8 Å². The van der Waals surface area contributed by atoms with E-state index in [-0.39, 0.29) is 5.82 Å². The molecule has 0 saturated heterocycles. The van der Waals surface area contributed by atoms with E-state index in [9.17, 15) is 4.39 Å². The molecule has 0 unspecified atom stereocenters. The molecule has 2 aromatic carbocycles. The van der Waals surface area contributed by atoms with Gasteiger partial charge in [0.05, 0.1) is 10.2 Å². The number of thiophene rings is 1. The van der Waals surface area contributed by atoms with Crippen molar-refractivity contribution in [2.75, 3.05) is 0 Å². The van der Waals surface area contributed by atoms with Crippen molar-refractivity contribution < 1.29 is 4.39 Å². The van der Waals surface area contributed by atoms with Crippen molar-refractivity contribution in [3.8, 4) is 10.4 Å². The molecule has 0 radical (unpaired) electrons. The van der Waals surface area contributed by atoms with Crippen LogP contribution in [0.4, 0.5) is 4.39 Å². The van der Waals surface area contributed by atoms with Gasteiger partial charge in [-0.25, -0.2) is 14.4 Å². The van der Waals surface area contributed by atoms with Crippen molar-refractivity contribution in [1.82, 2.24) is 9.97 Å². The van der Waals surface area contributed by atoms with Gasteiger partial charge >= 0.3 is 0 Å². The van der Waals surface area contributed by atoms with E-state index in [0.717, 1.165) is 36.5 Å². The normalized spacial score (nSPS) is 11.1. The fraction of sp³-hybridized carbons (Fsp3) is 0.0526. The summed E-state index contributed by atoms with van der Waals surface area (Å²) in [6, 6.07) is 16.4. The second-order valence-corrected chi connectivity index (χ2v) is 7.88. The maximum Gasteiger partial charge on any atom is 0.123 e. The molecule has 0 N–H and O–H groups in total. The number of halogens is 2. The molecule has 2 heterocycles. The third-order valence-electron chi connectivity index (χ3n) is 3.70. The number of fused-ring (bicyclic) bond motifs is 1. The second-order valence-electron chi connectivity index (χ2n) is 5.43. The van der Waals surface area contributed by atoms with E-state index in [1.54, 1.807) is 41.6 Å². The molecule has 0 saturated carbocycles. The minimum Gasteiger partial charge on any atom is -0.235 e. The average Bonchev–Trinajstić information content (AvgIpc) is 3.06. The number of nitrogens with zero attached hydrogens (tertiary/aromatic N) is 2. The molecule has 2 aromatic heterocycles. The fourth-order valence-electron chi connectivity index (χ4n) is 2.42. The first-order valence-corrected chi connectivity index (χ1v) is 9.75. The van der Waals surface area contributed by atoms with Gasteiger partial charge in [0.2, 0.25) is 0 Å². The lowest BCUT2D eigenvalue weighted by Crippen LogP contribution is -1.85. The molecule has 4 rings (SSSR count). The topological polar surface area (TPSA) is 25.8 Å². The Bertz CT molecular complexity index is 1010. The number of aromatic nitrogens is 2. The van der Waals surface area contributed by atoms with Crippen LogP contribution in [0.5, 0.6) is 0 Å². The van der Waals surface area contributed by atoms with Gasteiger partial charge in [-0.15, -0.1) is 23.1 Å². The predicted octanol–water partition coefficient (Wildman–Crippen LogP) is 6.44. The van der Waals surface area contributed by atoms with Crippen LogP contribution in [0.15, 0.2) is 66.0 Å². The van der Waals surface area contributed by atoms with Crippen LogP contribution in [0.1, 0.15) is 5.56 Å². The molecule has 6 heteroatoms. The van der Waals surface area contributed by atoms with E-state index in [2.05, 4.69) is 9.97 Å². The number of thioether (sulfide) groups is 1. The standard InChI is InChI=1S/C19H12ClFN2S2/c20-14-5-1-12(2-6-14)10-24-19-18-16(22-11-23-19)9-17(25-18)13-3-7-15(21)8-4-13/h1-9,11H,10H2. The molecule has 124 valence electrons. The minimum atomic E-state index is -0.233. The molecule has 2 nitrogen and oxygen atoms in total. The Morgan fingerprint density at radius 2 is 1.76 bits per heavy atom. The van der Waals surface area contributed by atoms with Crippen LogP contribution in [-0.2, 0) is 5.75 Å². The molecule has 0 bridgehead atoms. The van der Waals surface area contributed by atoms with Crippen LogP contribution in [0, 0.1) is 5.82 Å². The van der Waals surface area contributed by atoms with Gasteiger partial charge in [0, 0.05) is 15.7 Å². The van der Waals surface area contributed by atoms with Crippen molar-refractivity contribution in [3.05, 3.63) is 77.3 Å². The quantitative estimate of drug-likeness (QED) is 0.298. The molecular weight excluding hydrogens is 375 g/mol. The lowest BCUT2D eigenvalue weighted by molar-refractivity contribution is 0.628. The maximum absolute atomic E-state index is 13.1. The monoisotopic (exact) mass is 386 g/mol. The minimum absolute atomic E-state index is 0.233. The zero-order valence-electron chi connectivity index (χ0n) is 12.9. The van der Waals surface area contributed by atoms with Crippen LogP contribution in [-0.4, -0.2) is 9.97 Å².